The second-order valence-corrected chi connectivity index (χ2v) is 9.60. The van der Waals surface area contributed by atoms with Crippen LogP contribution in [0.2, 0.25) is 0 Å². The average Bonchev–Trinajstić information content (AvgIpc) is 3.20. The lowest BCUT2D eigenvalue weighted by atomic mass is 9.87. The van der Waals surface area contributed by atoms with Gasteiger partial charge in [-0.25, -0.2) is 4.98 Å². The highest BCUT2D eigenvalue weighted by Crippen LogP contribution is 2.41. The Bertz CT molecular complexity index is 1310. The molecule has 1 saturated carbocycles. The molecule has 38 heavy (non-hydrogen) atoms. The van der Waals surface area contributed by atoms with Gasteiger partial charge in [0.2, 0.25) is 11.8 Å². The van der Waals surface area contributed by atoms with Crippen molar-refractivity contribution in [3.05, 3.63) is 36.0 Å². The summed E-state index contributed by atoms with van der Waals surface area (Å²) >= 11 is 0. The van der Waals surface area contributed by atoms with Gasteiger partial charge in [0.1, 0.15) is 11.9 Å². The van der Waals surface area contributed by atoms with Crippen molar-refractivity contribution in [2.45, 2.75) is 64.0 Å². The first-order valence-corrected chi connectivity index (χ1v) is 12.1. The minimum atomic E-state index is -4.75. The Morgan fingerprint density at radius 3 is 2.39 bits per heavy atom. The Kier molecular flexibility index (Phi) is 7.57. The monoisotopic (exact) mass is 543 g/mol. The Labute approximate surface area is 214 Å². The molecule has 7 nitrogen and oxygen atoms in total. The van der Waals surface area contributed by atoms with E-state index in [-0.39, 0.29) is 78.4 Å². The van der Waals surface area contributed by atoms with Gasteiger partial charge >= 0.3 is 12.4 Å². The number of hydrogen-bond acceptors (Lipinski definition) is 5. The minimum Gasteiger partial charge on any atom is -0.474 e. The van der Waals surface area contributed by atoms with Crippen LogP contribution in [-0.4, -0.2) is 56.7 Å². The first-order chi connectivity index (χ1) is 17.7. The third-order valence-corrected chi connectivity index (χ3v) is 6.64. The van der Waals surface area contributed by atoms with Gasteiger partial charge in [-0.05, 0) is 38.7 Å². The average molecular weight is 544 g/mol. The fraction of sp³-hybridized carbons (Fsp3) is 0.520. The van der Waals surface area contributed by atoms with Crippen molar-refractivity contribution in [3.63, 3.8) is 0 Å². The summed E-state index contributed by atoms with van der Waals surface area (Å²) in [5.41, 5.74) is -0.573. The molecular weight excluding hydrogens is 516 g/mol. The maximum atomic E-state index is 14.0. The molecule has 0 spiro atoms. The Hall–Kier alpha value is -3.38. The van der Waals surface area contributed by atoms with Gasteiger partial charge in [0.15, 0.2) is 5.69 Å². The molecule has 0 saturated heterocycles. The number of alkyl halides is 6. The summed E-state index contributed by atoms with van der Waals surface area (Å²) in [6, 6.07) is 2.83. The Morgan fingerprint density at radius 1 is 1.11 bits per heavy atom. The van der Waals surface area contributed by atoms with E-state index in [1.165, 1.54) is 23.2 Å². The molecule has 0 aliphatic heterocycles. The van der Waals surface area contributed by atoms with E-state index in [1.807, 2.05) is 0 Å². The van der Waals surface area contributed by atoms with E-state index >= 15 is 0 Å². The molecule has 1 amide bonds. The summed E-state index contributed by atoms with van der Waals surface area (Å²) in [6.45, 7) is 1.68. The van der Waals surface area contributed by atoms with Crippen molar-refractivity contribution in [1.82, 2.24) is 24.4 Å². The number of aromatic nitrogens is 4. The van der Waals surface area contributed by atoms with Crippen molar-refractivity contribution in [2.75, 3.05) is 14.1 Å². The summed E-state index contributed by atoms with van der Waals surface area (Å²) in [4.78, 5) is 25.6. The van der Waals surface area contributed by atoms with Crippen molar-refractivity contribution < 1.29 is 35.9 Å². The van der Waals surface area contributed by atoms with Crippen LogP contribution in [0, 0.1) is 12.8 Å². The molecule has 3 aromatic rings. The summed E-state index contributed by atoms with van der Waals surface area (Å²) < 4.78 is 88.3. The topological polar surface area (TPSA) is 73.1 Å². The SMILES string of the molecule is Cc1nc(OC2CCC(C(F)(F)F)CC2)cc(-c2cn(CCC(=O)N(C)C)c3ccnc(C(F)(F)F)c23)n1. The molecule has 0 unspecified atom stereocenters. The highest BCUT2D eigenvalue weighted by Gasteiger charge is 2.42. The maximum absolute atomic E-state index is 14.0. The molecule has 0 atom stereocenters. The second-order valence-electron chi connectivity index (χ2n) is 9.60. The standard InChI is InChI=1S/C25H27F6N5O2/c1-14-33-18(12-20(34-14)38-16-6-4-15(5-7-16)24(26,27)28)17-13-36(11-9-21(37)35(2)3)19-8-10-32-23(22(17)19)25(29,30)31/h8,10,12-13,15-16H,4-7,9,11H2,1-3H3. The lowest BCUT2D eigenvalue weighted by Gasteiger charge is -2.29. The number of aryl methyl sites for hydroxylation is 2. The van der Waals surface area contributed by atoms with Crippen LogP contribution in [0.15, 0.2) is 24.5 Å². The normalized spacial score (nSPS) is 18.6. The molecule has 1 aliphatic carbocycles. The van der Waals surface area contributed by atoms with Gasteiger partial charge in [0.05, 0.1) is 17.1 Å². The van der Waals surface area contributed by atoms with Gasteiger partial charge < -0.3 is 14.2 Å². The number of fused-ring (bicyclic) bond motifs is 1. The van der Waals surface area contributed by atoms with E-state index in [1.54, 1.807) is 25.6 Å². The van der Waals surface area contributed by atoms with Crippen LogP contribution in [0.5, 0.6) is 5.88 Å². The van der Waals surface area contributed by atoms with Crippen LogP contribution in [0.3, 0.4) is 0 Å². The summed E-state index contributed by atoms with van der Waals surface area (Å²) in [5, 5.41) is -0.174. The van der Waals surface area contributed by atoms with Gasteiger partial charge in [0.25, 0.3) is 0 Å². The predicted molar refractivity (Wildman–Crippen MR) is 126 cm³/mol. The zero-order chi connectivity index (χ0) is 27.8. The number of pyridine rings is 1. The molecule has 0 radical (unpaired) electrons. The number of carbonyl (C=O) groups is 1. The fourth-order valence-corrected chi connectivity index (χ4v) is 4.70. The molecule has 0 N–H and O–H groups in total. The molecule has 13 heteroatoms. The molecule has 1 aliphatic rings. The quantitative estimate of drug-likeness (QED) is 0.368. The molecule has 0 aromatic carbocycles. The summed E-state index contributed by atoms with van der Waals surface area (Å²) in [5.74, 6) is -1.26. The molecule has 4 rings (SSSR count). The Morgan fingerprint density at radius 2 is 1.79 bits per heavy atom. The van der Waals surface area contributed by atoms with Gasteiger partial charge in [0, 0.05) is 56.5 Å². The van der Waals surface area contributed by atoms with Crippen LogP contribution in [-0.2, 0) is 17.5 Å². The largest absolute Gasteiger partial charge is 0.474 e. The number of halogens is 6. The van der Waals surface area contributed by atoms with Crippen molar-refractivity contribution in [3.8, 4) is 17.1 Å². The van der Waals surface area contributed by atoms with E-state index in [4.69, 9.17) is 4.74 Å². The number of carbonyl (C=O) groups excluding carboxylic acids is 1. The molecular formula is C25H27F6N5O2. The van der Waals surface area contributed by atoms with E-state index in [2.05, 4.69) is 15.0 Å². The van der Waals surface area contributed by atoms with E-state index in [9.17, 15) is 31.1 Å². The third kappa shape index (κ3) is 6.02. The predicted octanol–water partition coefficient (Wildman–Crippen LogP) is 5.80. The first-order valence-electron chi connectivity index (χ1n) is 12.1. The van der Waals surface area contributed by atoms with Crippen molar-refractivity contribution in [2.24, 2.45) is 5.92 Å². The summed E-state index contributed by atoms with van der Waals surface area (Å²) in [7, 11) is 3.18. The lowest BCUT2D eigenvalue weighted by Crippen LogP contribution is -2.32. The molecule has 1 fully saturated rings. The van der Waals surface area contributed by atoms with Crippen LogP contribution in [0.1, 0.15) is 43.6 Å². The van der Waals surface area contributed by atoms with E-state index in [0.29, 0.717) is 0 Å². The zero-order valence-corrected chi connectivity index (χ0v) is 21.0. The smallest absolute Gasteiger partial charge is 0.434 e. The molecule has 0 bridgehead atoms. The van der Waals surface area contributed by atoms with Gasteiger partial charge in [-0.1, -0.05) is 0 Å². The number of rotatable bonds is 6. The van der Waals surface area contributed by atoms with Crippen LogP contribution in [0.4, 0.5) is 26.3 Å². The highest BCUT2D eigenvalue weighted by molar-refractivity contribution is 5.97. The second kappa shape index (κ2) is 10.4. The van der Waals surface area contributed by atoms with Crippen LogP contribution in [0.25, 0.3) is 22.2 Å². The zero-order valence-electron chi connectivity index (χ0n) is 21.0. The number of nitrogens with zero attached hydrogens (tertiary/aromatic N) is 5. The highest BCUT2D eigenvalue weighted by atomic mass is 19.4. The molecule has 3 aromatic heterocycles. The van der Waals surface area contributed by atoms with Crippen molar-refractivity contribution in [1.29, 1.82) is 0 Å². The number of amides is 1. The van der Waals surface area contributed by atoms with Gasteiger partial charge in [-0.15, -0.1) is 0 Å². The molecule has 206 valence electrons. The fourth-order valence-electron chi connectivity index (χ4n) is 4.70. The first kappa shape index (κ1) is 27.6. The minimum absolute atomic E-state index is 0.0646. The summed E-state index contributed by atoms with van der Waals surface area (Å²) in [6.07, 6.45) is -6.64. The lowest BCUT2D eigenvalue weighted by molar-refractivity contribution is -0.185. The Balaban J connectivity index is 1.70. The number of hydrogen-bond donors (Lipinski definition) is 0. The number of ether oxygens (including phenoxy) is 1. The van der Waals surface area contributed by atoms with Crippen molar-refractivity contribution >= 4 is 16.8 Å². The molecule has 3 heterocycles. The van der Waals surface area contributed by atoms with E-state index < -0.39 is 30.1 Å². The van der Waals surface area contributed by atoms with E-state index in [0.717, 1.165) is 6.20 Å². The van der Waals surface area contributed by atoms with Crippen LogP contribution < -0.4 is 4.74 Å². The van der Waals surface area contributed by atoms with Crippen LogP contribution >= 0.6 is 0 Å². The van der Waals surface area contributed by atoms with Gasteiger partial charge in [-0.3, -0.25) is 9.78 Å². The third-order valence-electron chi connectivity index (χ3n) is 6.64. The maximum Gasteiger partial charge on any atom is 0.434 e. The van der Waals surface area contributed by atoms with Gasteiger partial charge in [-0.2, -0.15) is 31.3 Å².